The Morgan fingerprint density at radius 3 is 2.65 bits per heavy atom. The van der Waals surface area contributed by atoms with Gasteiger partial charge in [-0.3, -0.25) is 4.98 Å². The first-order valence-corrected chi connectivity index (χ1v) is 8.84. The monoisotopic (exact) mass is 423 g/mol. The number of aliphatic hydroxyl groups is 1. The minimum absolute atomic E-state index is 0. The Kier molecular flexibility index (Phi) is 11.4. The molecule has 148 valence electrons. The Morgan fingerprint density at radius 2 is 2.00 bits per heavy atom. The van der Waals surface area contributed by atoms with Gasteiger partial charge < -0.3 is 20.3 Å². The minimum Gasteiger partial charge on any atom is -0.633 e. The zero-order valence-electron chi connectivity index (χ0n) is 15.2. The number of likely N-dealkylation sites (N-methyl/N-ethyl adjacent to an activating group) is 1. The number of hydrogen-bond donors (Lipinski definition) is 2. The SMILES string of the molecule is CC[N+]([O-])(CCO)CCCC(C)Nc1ccnc2cc(Cl)ccc12.Cl.Cl. The zero-order valence-corrected chi connectivity index (χ0v) is 17.5. The smallest absolute Gasteiger partial charge is 0.102 e. The fourth-order valence-corrected chi connectivity index (χ4v) is 3.05. The third-order valence-corrected chi connectivity index (χ3v) is 4.63. The van der Waals surface area contributed by atoms with Gasteiger partial charge >= 0.3 is 0 Å². The Hall–Kier alpha value is -0.820. The van der Waals surface area contributed by atoms with E-state index in [0.717, 1.165) is 29.4 Å². The van der Waals surface area contributed by atoms with E-state index in [0.29, 0.717) is 18.1 Å². The molecule has 2 rings (SSSR count). The number of hydrogen-bond acceptors (Lipinski definition) is 4. The third-order valence-electron chi connectivity index (χ3n) is 4.39. The quantitative estimate of drug-likeness (QED) is 0.454. The van der Waals surface area contributed by atoms with Crippen molar-refractivity contribution >= 4 is 53.0 Å². The summed E-state index contributed by atoms with van der Waals surface area (Å²) < 4.78 is -0.320. The molecule has 2 N–H and O–H groups in total. The number of hydroxylamine groups is 3. The molecule has 2 atom stereocenters. The Labute approximate surface area is 172 Å². The second-order valence-corrected chi connectivity index (χ2v) is 6.69. The van der Waals surface area contributed by atoms with Crippen LogP contribution >= 0.6 is 36.4 Å². The molecule has 0 aliphatic heterocycles. The van der Waals surface area contributed by atoms with E-state index >= 15 is 0 Å². The van der Waals surface area contributed by atoms with Crippen LogP contribution in [0.5, 0.6) is 0 Å². The van der Waals surface area contributed by atoms with Gasteiger partial charge in [-0.2, -0.15) is 0 Å². The van der Waals surface area contributed by atoms with Crippen molar-refractivity contribution in [2.75, 3.05) is 31.6 Å². The van der Waals surface area contributed by atoms with Crippen molar-refractivity contribution in [3.8, 4) is 0 Å². The van der Waals surface area contributed by atoms with Crippen molar-refractivity contribution in [1.29, 1.82) is 0 Å². The first-order valence-electron chi connectivity index (χ1n) is 8.46. The van der Waals surface area contributed by atoms with Gasteiger partial charge in [-0.05, 0) is 51.0 Å². The van der Waals surface area contributed by atoms with Crippen LogP contribution in [0.3, 0.4) is 0 Å². The number of nitrogens with zero attached hydrogens (tertiary/aromatic N) is 2. The van der Waals surface area contributed by atoms with Crippen LogP contribution in [0.1, 0.15) is 26.7 Å². The zero-order chi connectivity index (χ0) is 17.6. The summed E-state index contributed by atoms with van der Waals surface area (Å²) in [5, 5.41) is 26.6. The van der Waals surface area contributed by atoms with E-state index in [-0.39, 0.29) is 48.7 Å². The molecule has 0 aliphatic rings. The van der Waals surface area contributed by atoms with Gasteiger partial charge in [0, 0.05) is 28.3 Å². The van der Waals surface area contributed by atoms with E-state index in [9.17, 15) is 5.21 Å². The predicted molar refractivity (Wildman–Crippen MR) is 115 cm³/mol. The minimum atomic E-state index is -0.320. The molecule has 2 aromatic rings. The maximum atomic E-state index is 12.4. The number of aromatic nitrogens is 1. The molecule has 0 saturated carbocycles. The summed E-state index contributed by atoms with van der Waals surface area (Å²) in [4.78, 5) is 4.34. The van der Waals surface area contributed by atoms with Crippen molar-refractivity contribution in [3.63, 3.8) is 0 Å². The van der Waals surface area contributed by atoms with Gasteiger partial charge in [0.05, 0.1) is 25.2 Å². The van der Waals surface area contributed by atoms with Crippen LogP contribution in [-0.2, 0) is 0 Å². The fraction of sp³-hybridized carbons (Fsp3) is 0.500. The molecule has 0 spiro atoms. The topological polar surface area (TPSA) is 68.2 Å². The van der Waals surface area contributed by atoms with E-state index < -0.39 is 0 Å². The fourth-order valence-electron chi connectivity index (χ4n) is 2.88. The Balaban J connectivity index is 0.00000312. The standard InChI is InChI=1S/C18H26ClN3O2.2ClH/c1-3-22(24,11-12-23)10-4-5-14(2)21-17-8-9-20-18-13-15(19)6-7-16(17)18;;/h6-9,13-14,23H,3-5,10-12H2,1-2H3,(H,20,21);2*1H. The highest BCUT2D eigenvalue weighted by atomic mass is 35.5. The molecule has 0 radical (unpaired) electrons. The van der Waals surface area contributed by atoms with E-state index in [2.05, 4.69) is 17.2 Å². The molecule has 1 aromatic carbocycles. The molecule has 2 unspecified atom stereocenters. The van der Waals surface area contributed by atoms with E-state index in [1.165, 1.54) is 0 Å². The maximum Gasteiger partial charge on any atom is 0.102 e. The van der Waals surface area contributed by atoms with Gasteiger partial charge in [0.1, 0.15) is 6.54 Å². The van der Waals surface area contributed by atoms with Gasteiger partial charge in [0.25, 0.3) is 0 Å². The van der Waals surface area contributed by atoms with Crippen molar-refractivity contribution in [2.24, 2.45) is 0 Å². The average molecular weight is 425 g/mol. The molecule has 0 amide bonds. The number of halogens is 3. The van der Waals surface area contributed by atoms with Crippen LogP contribution in [0.25, 0.3) is 10.9 Å². The van der Waals surface area contributed by atoms with E-state index in [1.807, 2.05) is 31.2 Å². The molecule has 8 heteroatoms. The predicted octanol–water partition coefficient (Wildman–Crippen LogP) is 4.64. The highest BCUT2D eigenvalue weighted by Crippen LogP contribution is 2.25. The van der Waals surface area contributed by atoms with Crippen molar-refractivity contribution < 1.29 is 9.75 Å². The summed E-state index contributed by atoms with van der Waals surface area (Å²) in [5.41, 5.74) is 1.89. The van der Waals surface area contributed by atoms with Crippen molar-refractivity contribution in [2.45, 2.75) is 32.7 Å². The normalized spacial score (nSPS) is 14.0. The van der Waals surface area contributed by atoms with Crippen LogP contribution in [-0.4, -0.2) is 47.0 Å². The lowest BCUT2D eigenvalue weighted by Gasteiger charge is -2.41. The maximum absolute atomic E-state index is 12.4. The number of fused-ring (bicyclic) bond motifs is 1. The van der Waals surface area contributed by atoms with Crippen molar-refractivity contribution in [3.05, 3.63) is 40.7 Å². The summed E-state index contributed by atoms with van der Waals surface area (Å²) in [6.07, 6.45) is 3.48. The van der Waals surface area contributed by atoms with Gasteiger partial charge in [0.2, 0.25) is 0 Å². The van der Waals surface area contributed by atoms with E-state index in [4.69, 9.17) is 16.7 Å². The molecule has 0 bridgehead atoms. The number of rotatable bonds is 9. The Bertz CT molecular complexity index is 675. The second-order valence-electron chi connectivity index (χ2n) is 6.25. The molecule has 1 aromatic heterocycles. The number of aliphatic hydroxyl groups excluding tert-OH is 1. The van der Waals surface area contributed by atoms with Gasteiger partial charge in [-0.25, -0.2) is 0 Å². The molecule has 26 heavy (non-hydrogen) atoms. The number of quaternary nitrogens is 1. The molecule has 0 saturated heterocycles. The van der Waals surface area contributed by atoms with Gasteiger partial charge in [-0.15, -0.1) is 24.8 Å². The number of pyridine rings is 1. The summed E-state index contributed by atoms with van der Waals surface area (Å²) in [5.74, 6) is 0. The van der Waals surface area contributed by atoms with Crippen LogP contribution < -0.4 is 5.32 Å². The van der Waals surface area contributed by atoms with Crippen LogP contribution in [0.2, 0.25) is 5.02 Å². The van der Waals surface area contributed by atoms with Crippen LogP contribution in [0, 0.1) is 5.21 Å². The van der Waals surface area contributed by atoms with Crippen LogP contribution in [0.4, 0.5) is 5.69 Å². The van der Waals surface area contributed by atoms with Crippen molar-refractivity contribution in [1.82, 2.24) is 4.98 Å². The molecule has 5 nitrogen and oxygen atoms in total. The largest absolute Gasteiger partial charge is 0.633 e. The molecule has 0 fully saturated rings. The van der Waals surface area contributed by atoms with E-state index in [1.54, 1.807) is 6.20 Å². The number of benzene rings is 1. The highest BCUT2D eigenvalue weighted by molar-refractivity contribution is 6.31. The first kappa shape index (κ1) is 25.2. The van der Waals surface area contributed by atoms with Crippen LogP contribution in [0.15, 0.2) is 30.5 Å². The third kappa shape index (κ3) is 7.06. The average Bonchev–Trinajstić information content (AvgIpc) is 2.55. The molecular weight excluding hydrogens is 397 g/mol. The second kappa shape index (κ2) is 11.8. The lowest BCUT2D eigenvalue weighted by atomic mass is 10.1. The highest BCUT2D eigenvalue weighted by Gasteiger charge is 2.14. The number of anilines is 1. The van der Waals surface area contributed by atoms with Gasteiger partial charge in [-0.1, -0.05) is 11.6 Å². The number of nitrogens with one attached hydrogen (secondary N) is 1. The molecule has 1 heterocycles. The molecular formula is C18H28Cl3N3O2. The first-order chi connectivity index (χ1) is 11.5. The molecule has 0 aliphatic carbocycles. The summed E-state index contributed by atoms with van der Waals surface area (Å²) >= 11 is 6.02. The Morgan fingerprint density at radius 1 is 1.27 bits per heavy atom. The summed E-state index contributed by atoms with van der Waals surface area (Å²) in [6, 6.07) is 7.88. The lowest BCUT2D eigenvalue weighted by molar-refractivity contribution is -0.879. The summed E-state index contributed by atoms with van der Waals surface area (Å²) in [6.45, 7) is 5.23. The lowest BCUT2D eigenvalue weighted by Crippen LogP contribution is -2.45. The van der Waals surface area contributed by atoms with Gasteiger partial charge in [0.15, 0.2) is 0 Å². The summed E-state index contributed by atoms with van der Waals surface area (Å²) in [7, 11) is 0.